The number of nitrogens with zero attached hydrogens (tertiary/aromatic N) is 1. The quantitative estimate of drug-likeness (QED) is 0.727. The Labute approximate surface area is 96.7 Å². The fourth-order valence-electron chi connectivity index (χ4n) is 2.11. The number of hydrogen-bond acceptors (Lipinski definition) is 3. The van der Waals surface area contributed by atoms with Crippen molar-refractivity contribution in [2.75, 3.05) is 6.73 Å². The Kier molecular flexibility index (Phi) is 6.89. The molecule has 1 aliphatic carbocycles. The highest BCUT2D eigenvalue weighted by Crippen LogP contribution is 2.23. The van der Waals surface area contributed by atoms with Crippen molar-refractivity contribution in [3.8, 4) is 0 Å². The van der Waals surface area contributed by atoms with Crippen LogP contribution in [0.15, 0.2) is 0 Å². The third-order valence-electron chi connectivity index (χ3n) is 3.06. The molecule has 1 atom stereocenters. The number of carboxylic acids is 1. The van der Waals surface area contributed by atoms with Crippen molar-refractivity contribution in [1.82, 2.24) is 4.90 Å². The van der Waals surface area contributed by atoms with Crippen LogP contribution < -0.4 is 0 Å². The summed E-state index contributed by atoms with van der Waals surface area (Å²) in [5.74, 6) is -0.857. The lowest BCUT2D eigenvalue weighted by molar-refractivity contribution is -0.146. The van der Waals surface area contributed by atoms with E-state index in [1.165, 1.54) is 6.42 Å². The van der Waals surface area contributed by atoms with Crippen LogP contribution >= 0.6 is 12.4 Å². The van der Waals surface area contributed by atoms with Crippen molar-refractivity contribution in [3.05, 3.63) is 0 Å². The van der Waals surface area contributed by atoms with Gasteiger partial charge in [-0.05, 0) is 19.8 Å². The molecule has 1 saturated carbocycles. The Morgan fingerprint density at radius 3 is 2.33 bits per heavy atom. The smallest absolute Gasteiger partial charge is 0.320 e. The zero-order valence-electron chi connectivity index (χ0n) is 9.06. The normalized spacial score (nSPS) is 19.7. The van der Waals surface area contributed by atoms with Gasteiger partial charge in [0, 0.05) is 6.04 Å². The Bertz CT molecular complexity index is 195. The summed E-state index contributed by atoms with van der Waals surface area (Å²) in [5, 5.41) is 18.0. The maximum absolute atomic E-state index is 10.8. The second-order valence-corrected chi connectivity index (χ2v) is 3.96. The lowest BCUT2D eigenvalue weighted by Crippen LogP contribution is -2.47. The third kappa shape index (κ3) is 3.97. The molecule has 0 aromatic heterocycles. The number of rotatable bonds is 4. The summed E-state index contributed by atoms with van der Waals surface area (Å²) >= 11 is 0. The molecule has 90 valence electrons. The van der Waals surface area contributed by atoms with Gasteiger partial charge < -0.3 is 10.2 Å². The molecule has 4 nitrogen and oxygen atoms in total. The highest BCUT2D eigenvalue weighted by Gasteiger charge is 2.28. The van der Waals surface area contributed by atoms with E-state index in [4.69, 9.17) is 10.2 Å². The highest BCUT2D eigenvalue weighted by molar-refractivity contribution is 5.85. The van der Waals surface area contributed by atoms with Crippen LogP contribution in [-0.4, -0.2) is 39.9 Å². The summed E-state index contributed by atoms with van der Waals surface area (Å²) in [4.78, 5) is 12.5. The summed E-state index contributed by atoms with van der Waals surface area (Å²) in [5.41, 5.74) is 0. The van der Waals surface area contributed by atoms with Crippen molar-refractivity contribution in [1.29, 1.82) is 0 Å². The summed E-state index contributed by atoms with van der Waals surface area (Å²) in [6.45, 7) is 1.48. The van der Waals surface area contributed by atoms with Crippen molar-refractivity contribution in [2.24, 2.45) is 0 Å². The van der Waals surface area contributed by atoms with Gasteiger partial charge in [0.25, 0.3) is 0 Å². The summed E-state index contributed by atoms with van der Waals surface area (Å²) < 4.78 is 0. The van der Waals surface area contributed by atoms with Crippen molar-refractivity contribution in [2.45, 2.75) is 51.1 Å². The summed E-state index contributed by atoms with van der Waals surface area (Å²) in [7, 11) is 0. The van der Waals surface area contributed by atoms with Gasteiger partial charge in [-0.2, -0.15) is 0 Å². The molecule has 0 saturated heterocycles. The van der Waals surface area contributed by atoms with Gasteiger partial charge in [-0.3, -0.25) is 9.69 Å². The van der Waals surface area contributed by atoms with Crippen LogP contribution in [-0.2, 0) is 4.79 Å². The van der Waals surface area contributed by atoms with Gasteiger partial charge in [0.05, 0.1) is 6.73 Å². The van der Waals surface area contributed by atoms with E-state index in [0.29, 0.717) is 0 Å². The van der Waals surface area contributed by atoms with Crippen molar-refractivity contribution < 1.29 is 15.0 Å². The number of aliphatic hydroxyl groups is 1. The van der Waals surface area contributed by atoms with Crippen LogP contribution in [0, 0.1) is 0 Å². The van der Waals surface area contributed by atoms with Gasteiger partial charge in [0.15, 0.2) is 0 Å². The van der Waals surface area contributed by atoms with E-state index < -0.39 is 12.0 Å². The molecule has 0 aliphatic heterocycles. The monoisotopic (exact) mass is 237 g/mol. The van der Waals surface area contributed by atoms with E-state index >= 15 is 0 Å². The molecule has 2 N–H and O–H groups in total. The second-order valence-electron chi connectivity index (χ2n) is 3.96. The maximum atomic E-state index is 10.8. The Balaban J connectivity index is 0.00000196. The second kappa shape index (κ2) is 7.04. The average Bonchev–Trinajstić information content (AvgIpc) is 2.20. The molecule has 0 radical (unpaired) electrons. The molecule has 0 amide bonds. The predicted octanol–water partition coefficient (Wildman–Crippen LogP) is 1.47. The van der Waals surface area contributed by atoms with Gasteiger partial charge in [-0.15, -0.1) is 12.4 Å². The molecule has 0 aromatic carbocycles. The lowest BCUT2D eigenvalue weighted by atomic mass is 9.93. The molecule has 0 unspecified atom stereocenters. The summed E-state index contributed by atoms with van der Waals surface area (Å²) in [6, 6.07) is -0.331. The van der Waals surface area contributed by atoms with Gasteiger partial charge in [-0.25, -0.2) is 0 Å². The molecule has 0 heterocycles. The van der Waals surface area contributed by atoms with E-state index in [9.17, 15) is 4.79 Å². The van der Waals surface area contributed by atoms with Gasteiger partial charge in [0.1, 0.15) is 6.04 Å². The molecule has 0 spiro atoms. The topological polar surface area (TPSA) is 60.8 Å². The van der Waals surface area contributed by atoms with Gasteiger partial charge in [-0.1, -0.05) is 19.3 Å². The molecule has 1 aliphatic rings. The Morgan fingerprint density at radius 2 is 1.93 bits per heavy atom. The fourth-order valence-corrected chi connectivity index (χ4v) is 2.11. The Hall–Kier alpha value is -0.320. The fraction of sp³-hybridized carbons (Fsp3) is 0.900. The highest BCUT2D eigenvalue weighted by atomic mass is 35.5. The lowest BCUT2D eigenvalue weighted by Gasteiger charge is -2.35. The molecule has 15 heavy (non-hydrogen) atoms. The molecule has 0 aromatic rings. The van der Waals surface area contributed by atoms with Crippen LogP contribution in [0.2, 0.25) is 0 Å². The first kappa shape index (κ1) is 14.7. The standard InChI is InChI=1S/C10H19NO3.ClH/c1-8(10(13)14)11(7-12)9-5-3-2-4-6-9;/h8-9,12H,2-7H2,1H3,(H,13,14);1H/t8-;/m0./s1. The molecule has 1 fully saturated rings. The SMILES string of the molecule is C[C@@H](C(=O)O)N(CO)C1CCCCC1.Cl. The third-order valence-corrected chi connectivity index (χ3v) is 3.06. The first-order valence-electron chi connectivity index (χ1n) is 5.26. The van der Waals surface area contributed by atoms with E-state index in [1.54, 1.807) is 11.8 Å². The van der Waals surface area contributed by atoms with E-state index in [2.05, 4.69) is 0 Å². The molecular formula is C10H20ClNO3. The number of aliphatic hydroxyl groups excluding tert-OH is 1. The molecule has 1 rings (SSSR count). The van der Waals surface area contributed by atoms with E-state index in [-0.39, 0.29) is 25.2 Å². The minimum absolute atomic E-state index is 0. The maximum Gasteiger partial charge on any atom is 0.320 e. The number of halogens is 1. The largest absolute Gasteiger partial charge is 0.480 e. The van der Waals surface area contributed by atoms with Crippen LogP contribution in [0.5, 0.6) is 0 Å². The molecule has 5 heteroatoms. The first-order chi connectivity index (χ1) is 6.66. The van der Waals surface area contributed by atoms with Crippen LogP contribution in [0.1, 0.15) is 39.0 Å². The van der Waals surface area contributed by atoms with Crippen LogP contribution in [0.4, 0.5) is 0 Å². The zero-order valence-corrected chi connectivity index (χ0v) is 9.87. The number of hydrogen-bond donors (Lipinski definition) is 2. The van der Waals surface area contributed by atoms with E-state index in [0.717, 1.165) is 25.7 Å². The van der Waals surface area contributed by atoms with Crippen molar-refractivity contribution >= 4 is 18.4 Å². The first-order valence-corrected chi connectivity index (χ1v) is 5.26. The molecular weight excluding hydrogens is 218 g/mol. The predicted molar refractivity (Wildman–Crippen MR) is 60.1 cm³/mol. The summed E-state index contributed by atoms with van der Waals surface area (Å²) in [6.07, 6.45) is 5.55. The average molecular weight is 238 g/mol. The van der Waals surface area contributed by atoms with Crippen molar-refractivity contribution in [3.63, 3.8) is 0 Å². The van der Waals surface area contributed by atoms with Crippen LogP contribution in [0.25, 0.3) is 0 Å². The number of carbonyl (C=O) groups is 1. The minimum Gasteiger partial charge on any atom is -0.480 e. The van der Waals surface area contributed by atoms with E-state index in [1.807, 2.05) is 0 Å². The number of carboxylic acid groups (broad SMARTS) is 1. The number of aliphatic carboxylic acids is 1. The van der Waals surface area contributed by atoms with Gasteiger partial charge >= 0.3 is 5.97 Å². The minimum atomic E-state index is -0.857. The van der Waals surface area contributed by atoms with Crippen LogP contribution in [0.3, 0.4) is 0 Å². The zero-order chi connectivity index (χ0) is 10.6. The molecule has 0 bridgehead atoms. The van der Waals surface area contributed by atoms with Gasteiger partial charge in [0.2, 0.25) is 0 Å². The Morgan fingerprint density at radius 1 is 1.40 bits per heavy atom.